The molecule has 4 atom stereocenters. The van der Waals surface area contributed by atoms with Crippen molar-refractivity contribution in [1.82, 2.24) is 0 Å². The van der Waals surface area contributed by atoms with Crippen LogP contribution in [0.2, 0.25) is 10.0 Å². The van der Waals surface area contributed by atoms with Crippen LogP contribution < -0.4 is 5.32 Å². The van der Waals surface area contributed by atoms with Crippen LogP contribution in [0.1, 0.15) is 0 Å². The Morgan fingerprint density at radius 1 is 0.909 bits per heavy atom. The number of hydrogen-bond acceptors (Lipinski definition) is 1. The summed E-state index contributed by atoms with van der Waals surface area (Å²) in [7, 11) is 0. The highest BCUT2D eigenvalue weighted by atomic mass is 35.5. The SMILES string of the molecule is O=C(Nc1ccc(Cl)cc1Cl)C1C(F)C(F)C(F)C(F)C1F. The van der Waals surface area contributed by atoms with Gasteiger partial charge < -0.3 is 5.32 Å². The molecule has 0 heterocycles. The van der Waals surface area contributed by atoms with Gasteiger partial charge >= 0.3 is 0 Å². The van der Waals surface area contributed by atoms with E-state index in [0.29, 0.717) is 0 Å². The van der Waals surface area contributed by atoms with Crippen LogP contribution in [0, 0.1) is 5.92 Å². The maximum Gasteiger partial charge on any atom is 0.233 e. The summed E-state index contributed by atoms with van der Waals surface area (Å²) in [6.45, 7) is 0. The first kappa shape index (κ1) is 17.3. The normalized spacial score (nSPS) is 35.2. The zero-order valence-electron chi connectivity index (χ0n) is 10.8. The van der Waals surface area contributed by atoms with Gasteiger partial charge in [-0.2, -0.15) is 0 Å². The number of amides is 1. The molecule has 122 valence electrons. The number of carbonyl (C=O) groups is 1. The van der Waals surface area contributed by atoms with Crippen molar-refractivity contribution < 1.29 is 26.7 Å². The minimum atomic E-state index is -2.95. The van der Waals surface area contributed by atoms with Crippen LogP contribution in [-0.4, -0.2) is 36.8 Å². The van der Waals surface area contributed by atoms with E-state index in [-0.39, 0.29) is 15.7 Å². The molecule has 1 fully saturated rings. The third-order valence-electron chi connectivity index (χ3n) is 3.39. The third-order valence-corrected chi connectivity index (χ3v) is 3.94. The lowest BCUT2D eigenvalue weighted by Gasteiger charge is -2.35. The Labute approximate surface area is 132 Å². The fourth-order valence-electron chi connectivity index (χ4n) is 2.19. The molecule has 0 radical (unpaired) electrons. The van der Waals surface area contributed by atoms with Gasteiger partial charge in [0, 0.05) is 5.02 Å². The minimum absolute atomic E-state index is 0.0283. The predicted octanol–water partition coefficient (Wildman–Crippen LogP) is 4.25. The second-order valence-electron chi connectivity index (χ2n) is 4.86. The first-order chi connectivity index (χ1) is 10.2. The molecule has 1 aliphatic rings. The van der Waals surface area contributed by atoms with E-state index in [4.69, 9.17) is 23.2 Å². The van der Waals surface area contributed by atoms with Crippen molar-refractivity contribution in [2.24, 2.45) is 5.92 Å². The van der Waals surface area contributed by atoms with Gasteiger partial charge in [-0.3, -0.25) is 4.79 Å². The molecule has 0 aliphatic heterocycles. The molecule has 1 aromatic carbocycles. The second-order valence-corrected chi connectivity index (χ2v) is 5.70. The zero-order valence-corrected chi connectivity index (χ0v) is 12.3. The summed E-state index contributed by atoms with van der Waals surface area (Å²) in [6, 6.07) is 3.86. The average Bonchev–Trinajstić information content (AvgIpc) is 2.46. The third kappa shape index (κ3) is 3.15. The van der Waals surface area contributed by atoms with Crippen LogP contribution in [0.25, 0.3) is 0 Å². The average molecular weight is 362 g/mol. The molecule has 0 saturated heterocycles. The molecular formula is C13H10Cl2F5NO. The number of halogens is 7. The Kier molecular flexibility index (Phi) is 5.17. The molecule has 2 nitrogen and oxygen atoms in total. The van der Waals surface area contributed by atoms with Gasteiger partial charge in [0.25, 0.3) is 0 Å². The number of carbonyl (C=O) groups excluding carboxylic acids is 1. The quantitative estimate of drug-likeness (QED) is 0.783. The lowest BCUT2D eigenvalue weighted by atomic mass is 9.81. The number of alkyl halides is 5. The largest absolute Gasteiger partial charge is 0.324 e. The smallest absolute Gasteiger partial charge is 0.233 e. The Morgan fingerprint density at radius 3 is 1.91 bits per heavy atom. The Balaban J connectivity index is 2.20. The maximum absolute atomic E-state index is 13.7. The van der Waals surface area contributed by atoms with E-state index in [1.165, 1.54) is 18.2 Å². The summed E-state index contributed by atoms with van der Waals surface area (Å²) in [6.07, 6.45) is -14.4. The van der Waals surface area contributed by atoms with Crippen molar-refractivity contribution in [1.29, 1.82) is 0 Å². The van der Waals surface area contributed by atoms with E-state index in [1.807, 2.05) is 0 Å². The molecule has 1 aromatic rings. The standard InChI is InChI=1S/C13H10Cl2F5NO/c14-4-1-2-6(5(15)3-4)21-13(22)7-8(16)10(18)12(20)11(19)9(7)17/h1-3,7-12H,(H,21,22). The number of nitrogens with one attached hydrogen (secondary N) is 1. The summed E-state index contributed by atoms with van der Waals surface area (Å²) >= 11 is 11.4. The molecule has 9 heteroatoms. The van der Waals surface area contributed by atoms with Crippen molar-refractivity contribution in [3.63, 3.8) is 0 Å². The molecule has 4 unspecified atom stereocenters. The highest BCUT2D eigenvalue weighted by Crippen LogP contribution is 2.37. The van der Waals surface area contributed by atoms with Gasteiger partial charge in [-0.25, -0.2) is 22.0 Å². The lowest BCUT2D eigenvalue weighted by Crippen LogP contribution is -2.56. The number of hydrogen-bond donors (Lipinski definition) is 1. The van der Waals surface area contributed by atoms with Crippen LogP contribution in [0.4, 0.5) is 27.6 Å². The molecule has 0 spiro atoms. The molecule has 1 amide bonds. The van der Waals surface area contributed by atoms with Crippen LogP contribution in [0.15, 0.2) is 18.2 Å². The lowest BCUT2D eigenvalue weighted by molar-refractivity contribution is -0.138. The van der Waals surface area contributed by atoms with Crippen molar-refractivity contribution in [2.75, 3.05) is 5.32 Å². The Morgan fingerprint density at radius 2 is 1.41 bits per heavy atom. The summed E-state index contributed by atoms with van der Waals surface area (Å²) < 4.78 is 67.0. The zero-order chi connectivity index (χ0) is 16.6. The van der Waals surface area contributed by atoms with Gasteiger partial charge in [0.1, 0.15) is 18.3 Å². The van der Waals surface area contributed by atoms with Gasteiger partial charge in [0.15, 0.2) is 18.5 Å². The van der Waals surface area contributed by atoms with Crippen LogP contribution in [0.3, 0.4) is 0 Å². The van der Waals surface area contributed by atoms with Crippen LogP contribution in [0.5, 0.6) is 0 Å². The number of benzene rings is 1. The van der Waals surface area contributed by atoms with Crippen LogP contribution in [-0.2, 0) is 4.79 Å². The second kappa shape index (κ2) is 6.58. The Bertz CT molecular complexity index is 559. The maximum atomic E-state index is 13.7. The fourth-order valence-corrected chi connectivity index (χ4v) is 2.65. The molecule has 0 bridgehead atoms. The number of anilines is 1. The van der Waals surface area contributed by atoms with Gasteiger partial charge in [0.2, 0.25) is 5.91 Å². The summed E-state index contributed by atoms with van der Waals surface area (Å²) in [5.74, 6) is -3.65. The van der Waals surface area contributed by atoms with Crippen molar-refractivity contribution >= 4 is 34.8 Å². The highest BCUT2D eigenvalue weighted by molar-refractivity contribution is 6.36. The fraction of sp³-hybridized carbons (Fsp3) is 0.462. The Hall–Kier alpha value is -1.08. The minimum Gasteiger partial charge on any atom is -0.324 e. The molecule has 0 aromatic heterocycles. The summed E-state index contributed by atoms with van der Waals surface area (Å²) in [5, 5.41) is 2.28. The monoisotopic (exact) mass is 361 g/mol. The van der Waals surface area contributed by atoms with Crippen molar-refractivity contribution in [2.45, 2.75) is 30.9 Å². The van der Waals surface area contributed by atoms with E-state index < -0.39 is 42.7 Å². The van der Waals surface area contributed by atoms with E-state index in [1.54, 1.807) is 0 Å². The first-order valence-corrected chi connectivity index (χ1v) is 6.96. The molecular weight excluding hydrogens is 352 g/mol. The van der Waals surface area contributed by atoms with Crippen molar-refractivity contribution in [3.8, 4) is 0 Å². The first-order valence-electron chi connectivity index (χ1n) is 6.20. The summed E-state index contributed by atoms with van der Waals surface area (Å²) in [4.78, 5) is 11.9. The predicted molar refractivity (Wildman–Crippen MR) is 73.1 cm³/mol. The highest BCUT2D eigenvalue weighted by Gasteiger charge is 2.56. The summed E-state index contributed by atoms with van der Waals surface area (Å²) in [5.41, 5.74) is -0.0383. The van der Waals surface area contributed by atoms with Gasteiger partial charge in [0.05, 0.1) is 10.7 Å². The number of rotatable bonds is 2. The molecule has 1 saturated carbocycles. The van der Waals surface area contributed by atoms with Gasteiger partial charge in [-0.15, -0.1) is 0 Å². The van der Waals surface area contributed by atoms with E-state index >= 15 is 0 Å². The van der Waals surface area contributed by atoms with E-state index in [0.717, 1.165) is 0 Å². The molecule has 1 N–H and O–H groups in total. The van der Waals surface area contributed by atoms with E-state index in [9.17, 15) is 26.7 Å². The van der Waals surface area contributed by atoms with E-state index in [2.05, 4.69) is 5.32 Å². The topological polar surface area (TPSA) is 29.1 Å². The molecule has 22 heavy (non-hydrogen) atoms. The van der Waals surface area contributed by atoms with Gasteiger partial charge in [-0.1, -0.05) is 23.2 Å². The molecule has 1 aliphatic carbocycles. The van der Waals surface area contributed by atoms with Crippen LogP contribution >= 0.6 is 23.2 Å². The molecule has 2 rings (SSSR count). The van der Waals surface area contributed by atoms with Gasteiger partial charge in [-0.05, 0) is 18.2 Å². The van der Waals surface area contributed by atoms with Crippen molar-refractivity contribution in [3.05, 3.63) is 28.2 Å².